The largest absolute Gasteiger partial charge is 0.390 e. The summed E-state index contributed by atoms with van der Waals surface area (Å²) >= 11 is 0. The molecule has 3 rings (SSSR count). The highest BCUT2D eigenvalue weighted by molar-refractivity contribution is 6.35. The molecular formula is C30H40F2N4O4. The number of benzene rings is 2. The lowest BCUT2D eigenvalue weighted by Crippen LogP contribution is -2.61. The third-order valence-electron chi connectivity index (χ3n) is 7.11. The van der Waals surface area contributed by atoms with E-state index >= 15 is 0 Å². The number of aryl methyl sites for hydroxylation is 1. The number of carbonyl (C=O) groups excluding carboxylic acids is 3. The van der Waals surface area contributed by atoms with Gasteiger partial charge in [0, 0.05) is 38.3 Å². The van der Waals surface area contributed by atoms with Crippen LogP contribution in [0.4, 0.5) is 8.78 Å². The van der Waals surface area contributed by atoms with Gasteiger partial charge >= 0.3 is 11.8 Å². The Morgan fingerprint density at radius 2 is 1.75 bits per heavy atom. The van der Waals surface area contributed by atoms with Crippen LogP contribution in [0.25, 0.3) is 0 Å². The standard InChI is InChI=1S/C30H40F2N4O4/c1-4-6-10-36-20(3)18-35(29(39)30(36)40)19-28(38)34-26(14-23-12-24(31)15-25(32)13-23)27(37)17-33-16-22-9-7-8-21(5-2)11-22/h7-9,11-13,15,20,26-27,33,37H,4-6,10,14,16-19H2,1-3H3,(H,34,38)/t20-,26+,27+/m1/s1. The lowest BCUT2D eigenvalue weighted by molar-refractivity contribution is -0.159. The predicted octanol–water partition coefficient (Wildman–Crippen LogP) is 2.56. The Balaban J connectivity index is 1.66. The fraction of sp³-hybridized carbons (Fsp3) is 0.500. The van der Waals surface area contributed by atoms with Crippen LogP contribution in [0.5, 0.6) is 0 Å². The number of hydrogen-bond acceptors (Lipinski definition) is 5. The number of amides is 3. The second kappa shape index (κ2) is 14.9. The van der Waals surface area contributed by atoms with Crippen molar-refractivity contribution in [1.29, 1.82) is 0 Å². The zero-order chi connectivity index (χ0) is 29.2. The summed E-state index contributed by atoms with van der Waals surface area (Å²) in [6, 6.07) is 9.94. The lowest BCUT2D eigenvalue weighted by atomic mass is 10.0. The number of aliphatic hydroxyl groups excluding tert-OH is 1. The number of unbranched alkanes of at least 4 members (excludes halogenated alkanes) is 1. The molecule has 10 heteroatoms. The number of halogens is 2. The minimum absolute atomic E-state index is 0.0390. The van der Waals surface area contributed by atoms with Crippen LogP contribution < -0.4 is 10.6 Å². The molecule has 0 aliphatic carbocycles. The van der Waals surface area contributed by atoms with Gasteiger partial charge in [-0.05, 0) is 55.0 Å². The fourth-order valence-corrected chi connectivity index (χ4v) is 4.90. The molecule has 1 fully saturated rings. The van der Waals surface area contributed by atoms with Crippen molar-refractivity contribution in [3.05, 3.63) is 70.8 Å². The molecule has 218 valence electrons. The smallest absolute Gasteiger partial charge is 0.312 e. The number of nitrogens with one attached hydrogen (secondary N) is 2. The minimum Gasteiger partial charge on any atom is -0.390 e. The van der Waals surface area contributed by atoms with Crippen LogP contribution in [0.15, 0.2) is 42.5 Å². The van der Waals surface area contributed by atoms with Crippen molar-refractivity contribution < 1.29 is 28.3 Å². The molecule has 1 aliphatic heterocycles. The van der Waals surface area contributed by atoms with Crippen molar-refractivity contribution in [2.45, 2.75) is 71.2 Å². The van der Waals surface area contributed by atoms with Crippen molar-refractivity contribution in [2.24, 2.45) is 0 Å². The molecule has 1 heterocycles. The molecule has 8 nitrogen and oxygen atoms in total. The predicted molar refractivity (Wildman–Crippen MR) is 148 cm³/mol. The van der Waals surface area contributed by atoms with Crippen molar-refractivity contribution in [3.8, 4) is 0 Å². The second-order valence-corrected chi connectivity index (χ2v) is 10.4. The molecule has 3 N–H and O–H groups in total. The number of carbonyl (C=O) groups is 3. The van der Waals surface area contributed by atoms with Gasteiger partial charge in [-0.3, -0.25) is 14.4 Å². The maximum Gasteiger partial charge on any atom is 0.312 e. The van der Waals surface area contributed by atoms with Crippen LogP contribution in [-0.4, -0.2) is 77.0 Å². The number of aliphatic hydroxyl groups is 1. The fourth-order valence-electron chi connectivity index (χ4n) is 4.90. The highest BCUT2D eigenvalue weighted by Crippen LogP contribution is 2.15. The summed E-state index contributed by atoms with van der Waals surface area (Å²) in [5.74, 6) is -3.48. The van der Waals surface area contributed by atoms with Gasteiger partial charge in [0.15, 0.2) is 0 Å². The maximum absolute atomic E-state index is 13.8. The molecule has 3 amide bonds. The highest BCUT2D eigenvalue weighted by Gasteiger charge is 2.37. The number of rotatable bonds is 14. The van der Waals surface area contributed by atoms with Crippen molar-refractivity contribution in [3.63, 3.8) is 0 Å². The van der Waals surface area contributed by atoms with Gasteiger partial charge in [0.05, 0.1) is 12.1 Å². The molecule has 0 radical (unpaired) electrons. The van der Waals surface area contributed by atoms with Crippen LogP contribution in [0.3, 0.4) is 0 Å². The molecule has 1 aliphatic rings. The number of nitrogens with zero attached hydrogens (tertiary/aromatic N) is 2. The van der Waals surface area contributed by atoms with E-state index in [4.69, 9.17) is 0 Å². The number of hydrogen-bond donors (Lipinski definition) is 3. The summed E-state index contributed by atoms with van der Waals surface area (Å²) in [6.45, 7) is 6.81. The van der Waals surface area contributed by atoms with Gasteiger partial charge in [-0.25, -0.2) is 8.78 Å². The van der Waals surface area contributed by atoms with Crippen molar-refractivity contribution in [2.75, 3.05) is 26.2 Å². The van der Waals surface area contributed by atoms with Gasteiger partial charge in [-0.2, -0.15) is 0 Å². The van der Waals surface area contributed by atoms with E-state index in [0.29, 0.717) is 13.1 Å². The first-order valence-corrected chi connectivity index (χ1v) is 13.9. The van der Waals surface area contributed by atoms with Crippen LogP contribution in [0.1, 0.15) is 50.3 Å². The van der Waals surface area contributed by atoms with E-state index in [1.807, 2.05) is 32.0 Å². The quantitative estimate of drug-likeness (QED) is 0.310. The molecule has 0 bridgehead atoms. The summed E-state index contributed by atoms with van der Waals surface area (Å²) < 4.78 is 27.7. The maximum atomic E-state index is 13.8. The Labute approximate surface area is 234 Å². The normalized spacial score (nSPS) is 17.2. The number of piperazine rings is 1. The first kappa shape index (κ1) is 31.2. The molecule has 1 saturated heterocycles. The Morgan fingerprint density at radius 1 is 1.05 bits per heavy atom. The Kier molecular flexibility index (Phi) is 11.6. The van der Waals surface area contributed by atoms with Gasteiger partial charge < -0.3 is 25.5 Å². The first-order valence-electron chi connectivity index (χ1n) is 13.9. The van der Waals surface area contributed by atoms with E-state index in [-0.39, 0.29) is 37.7 Å². The second-order valence-electron chi connectivity index (χ2n) is 10.4. The Bertz CT molecular complexity index is 1160. The van der Waals surface area contributed by atoms with Gasteiger partial charge in [-0.1, -0.05) is 44.5 Å². The van der Waals surface area contributed by atoms with Gasteiger partial charge in [0.1, 0.15) is 18.2 Å². The van der Waals surface area contributed by atoms with E-state index < -0.39 is 41.5 Å². The van der Waals surface area contributed by atoms with Gasteiger partial charge in [-0.15, -0.1) is 0 Å². The van der Waals surface area contributed by atoms with E-state index in [9.17, 15) is 28.3 Å². The summed E-state index contributed by atoms with van der Waals surface area (Å²) in [5, 5.41) is 16.9. The van der Waals surface area contributed by atoms with Crippen LogP contribution in [-0.2, 0) is 33.8 Å². The van der Waals surface area contributed by atoms with Crippen LogP contribution in [0, 0.1) is 11.6 Å². The molecule has 0 aromatic heterocycles. The zero-order valence-corrected chi connectivity index (χ0v) is 23.5. The van der Waals surface area contributed by atoms with Crippen molar-refractivity contribution >= 4 is 17.7 Å². The molecule has 2 aromatic rings. The van der Waals surface area contributed by atoms with E-state index in [1.165, 1.54) is 15.4 Å². The summed E-state index contributed by atoms with van der Waals surface area (Å²) in [5.41, 5.74) is 2.49. The third kappa shape index (κ3) is 8.82. The van der Waals surface area contributed by atoms with E-state index in [2.05, 4.69) is 23.6 Å². The minimum atomic E-state index is -1.10. The molecule has 0 unspecified atom stereocenters. The molecule has 3 atom stereocenters. The van der Waals surface area contributed by atoms with Gasteiger partial charge in [0.2, 0.25) is 5.91 Å². The van der Waals surface area contributed by atoms with Crippen molar-refractivity contribution in [1.82, 2.24) is 20.4 Å². The Morgan fingerprint density at radius 3 is 2.42 bits per heavy atom. The average Bonchev–Trinajstić information content (AvgIpc) is 2.90. The topological polar surface area (TPSA) is 102 Å². The molecular weight excluding hydrogens is 518 g/mol. The zero-order valence-electron chi connectivity index (χ0n) is 23.5. The van der Waals surface area contributed by atoms with Gasteiger partial charge in [0.25, 0.3) is 0 Å². The molecule has 2 aromatic carbocycles. The Hall–Kier alpha value is -3.37. The molecule has 0 saturated carbocycles. The van der Waals surface area contributed by atoms with Crippen LogP contribution >= 0.6 is 0 Å². The summed E-state index contributed by atoms with van der Waals surface area (Å²) in [7, 11) is 0. The highest BCUT2D eigenvalue weighted by atomic mass is 19.1. The summed E-state index contributed by atoms with van der Waals surface area (Å²) in [6.07, 6.45) is 1.42. The summed E-state index contributed by atoms with van der Waals surface area (Å²) in [4.78, 5) is 41.1. The lowest BCUT2D eigenvalue weighted by Gasteiger charge is -2.38. The van der Waals surface area contributed by atoms with Crippen LogP contribution in [0.2, 0.25) is 0 Å². The average molecular weight is 559 g/mol. The molecule has 0 spiro atoms. The SMILES string of the molecule is CCCCN1C(=O)C(=O)N(CC(=O)N[C@@H](Cc2cc(F)cc(F)c2)[C@@H](O)CNCc2cccc(CC)c2)C[C@H]1C. The van der Waals surface area contributed by atoms with E-state index in [1.54, 1.807) is 0 Å². The first-order chi connectivity index (χ1) is 19.1. The monoisotopic (exact) mass is 558 g/mol. The van der Waals surface area contributed by atoms with E-state index in [0.717, 1.165) is 43.0 Å². The molecule has 40 heavy (non-hydrogen) atoms. The third-order valence-corrected chi connectivity index (χ3v) is 7.11.